The molecule has 1 aliphatic carbocycles. The summed E-state index contributed by atoms with van der Waals surface area (Å²) >= 11 is 1.91. The minimum atomic E-state index is 0.781. The van der Waals surface area contributed by atoms with Crippen LogP contribution in [0.4, 0.5) is 0 Å². The second-order valence-electron chi connectivity index (χ2n) is 5.68. The van der Waals surface area contributed by atoms with E-state index in [2.05, 4.69) is 48.0 Å². The van der Waals surface area contributed by atoms with Crippen molar-refractivity contribution in [3.05, 3.63) is 38.8 Å². The molecule has 0 radical (unpaired) electrons. The van der Waals surface area contributed by atoms with Crippen LogP contribution in [-0.2, 0) is 19.5 Å². The summed E-state index contributed by atoms with van der Waals surface area (Å²) in [5.74, 6) is 0. The van der Waals surface area contributed by atoms with Gasteiger partial charge in [0.25, 0.3) is 0 Å². The molecule has 0 saturated heterocycles. The third kappa shape index (κ3) is 2.96. The molecule has 108 valence electrons. The molecule has 2 heterocycles. The molecule has 0 aliphatic heterocycles. The SMILES string of the molecule is CCc1c(C)nn(Cc2ccc(CNC3CC3)s2)c1C. The van der Waals surface area contributed by atoms with Crippen LogP contribution in [-0.4, -0.2) is 15.8 Å². The summed E-state index contributed by atoms with van der Waals surface area (Å²) in [6.07, 6.45) is 3.77. The van der Waals surface area contributed by atoms with E-state index in [0.717, 1.165) is 25.6 Å². The molecule has 2 aromatic rings. The number of thiophene rings is 1. The molecule has 3 nitrogen and oxygen atoms in total. The Kier molecular flexibility index (Phi) is 3.94. The maximum atomic E-state index is 4.68. The molecule has 0 aromatic carbocycles. The third-order valence-corrected chi connectivity index (χ3v) is 5.12. The van der Waals surface area contributed by atoms with Crippen molar-refractivity contribution in [1.82, 2.24) is 15.1 Å². The summed E-state index contributed by atoms with van der Waals surface area (Å²) < 4.78 is 2.15. The molecule has 1 saturated carbocycles. The molecule has 0 amide bonds. The summed E-state index contributed by atoms with van der Waals surface area (Å²) in [6, 6.07) is 5.28. The van der Waals surface area contributed by atoms with Gasteiger partial charge < -0.3 is 5.32 Å². The normalized spacial score (nSPS) is 14.9. The lowest BCUT2D eigenvalue weighted by Gasteiger charge is -2.03. The van der Waals surface area contributed by atoms with Gasteiger partial charge in [-0.2, -0.15) is 5.10 Å². The molecule has 1 aliphatic rings. The first kappa shape index (κ1) is 13.8. The lowest BCUT2D eigenvalue weighted by molar-refractivity contribution is 0.665. The second-order valence-corrected chi connectivity index (χ2v) is 6.94. The summed E-state index contributed by atoms with van der Waals surface area (Å²) in [7, 11) is 0. The Balaban J connectivity index is 1.67. The number of aryl methyl sites for hydroxylation is 1. The molecular formula is C16H23N3S. The van der Waals surface area contributed by atoms with E-state index in [4.69, 9.17) is 0 Å². The molecule has 0 bridgehead atoms. The van der Waals surface area contributed by atoms with Crippen molar-refractivity contribution in [3.8, 4) is 0 Å². The smallest absolute Gasteiger partial charge is 0.0755 e. The molecule has 0 unspecified atom stereocenters. The fourth-order valence-electron chi connectivity index (χ4n) is 2.68. The zero-order chi connectivity index (χ0) is 14.1. The van der Waals surface area contributed by atoms with E-state index >= 15 is 0 Å². The maximum Gasteiger partial charge on any atom is 0.0755 e. The molecular weight excluding hydrogens is 266 g/mol. The van der Waals surface area contributed by atoms with Crippen LogP contribution in [0.2, 0.25) is 0 Å². The van der Waals surface area contributed by atoms with Crippen LogP contribution in [0.1, 0.15) is 46.5 Å². The van der Waals surface area contributed by atoms with Crippen LogP contribution >= 0.6 is 11.3 Å². The predicted octanol–water partition coefficient (Wildman–Crippen LogP) is 3.42. The van der Waals surface area contributed by atoms with Gasteiger partial charge in [-0.05, 0) is 50.8 Å². The molecule has 0 spiro atoms. The molecule has 20 heavy (non-hydrogen) atoms. The van der Waals surface area contributed by atoms with E-state index in [9.17, 15) is 0 Å². The highest BCUT2D eigenvalue weighted by atomic mass is 32.1. The minimum Gasteiger partial charge on any atom is -0.309 e. The van der Waals surface area contributed by atoms with Crippen LogP contribution in [0.5, 0.6) is 0 Å². The van der Waals surface area contributed by atoms with Crippen LogP contribution in [0, 0.1) is 13.8 Å². The molecule has 1 fully saturated rings. The Labute approximate surface area is 125 Å². The number of hydrogen-bond acceptors (Lipinski definition) is 3. The Hall–Kier alpha value is -1.13. The number of nitrogens with zero attached hydrogens (tertiary/aromatic N) is 2. The molecule has 1 N–H and O–H groups in total. The van der Waals surface area contributed by atoms with Gasteiger partial charge in [0.05, 0.1) is 12.2 Å². The average Bonchev–Trinajstić information content (AvgIpc) is 3.09. The first-order valence-corrected chi connectivity index (χ1v) is 8.33. The lowest BCUT2D eigenvalue weighted by atomic mass is 10.1. The van der Waals surface area contributed by atoms with Crippen LogP contribution in [0.25, 0.3) is 0 Å². The van der Waals surface area contributed by atoms with Crippen molar-refractivity contribution >= 4 is 11.3 Å². The Morgan fingerprint density at radius 2 is 2.05 bits per heavy atom. The van der Waals surface area contributed by atoms with E-state index in [-0.39, 0.29) is 0 Å². The van der Waals surface area contributed by atoms with Crippen molar-refractivity contribution in [2.24, 2.45) is 0 Å². The van der Waals surface area contributed by atoms with Crippen molar-refractivity contribution in [3.63, 3.8) is 0 Å². The highest BCUT2D eigenvalue weighted by molar-refractivity contribution is 7.11. The van der Waals surface area contributed by atoms with Gasteiger partial charge in [-0.15, -0.1) is 11.3 Å². The third-order valence-electron chi connectivity index (χ3n) is 4.05. The first-order valence-electron chi connectivity index (χ1n) is 7.51. The van der Waals surface area contributed by atoms with Gasteiger partial charge in [-0.3, -0.25) is 4.68 Å². The van der Waals surface area contributed by atoms with Crippen molar-refractivity contribution in [1.29, 1.82) is 0 Å². The Morgan fingerprint density at radius 3 is 2.70 bits per heavy atom. The first-order chi connectivity index (χ1) is 9.67. The van der Waals surface area contributed by atoms with E-state index in [0.29, 0.717) is 0 Å². The van der Waals surface area contributed by atoms with Gasteiger partial charge in [0.2, 0.25) is 0 Å². The standard InChI is InChI=1S/C16H23N3S/c1-4-16-11(2)18-19(12(16)3)10-15-8-7-14(20-15)9-17-13-5-6-13/h7-8,13,17H,4-6,9-10H2,1-3H3. The van der Waals surface area contributed by atoms with E-state index in [1.807, 2.05) is 11.3 Å². The Morgan fingerprint density at radius 1 is 1.30 bits per heavy atom. The van der Waals surface area contributed by atoms with Gasteiger partial charge in [0, 0.05) is 28.0 Å². The predicted molar refractivity (Wildman–Crippen MR) is 84.4 cm³/mol. The molecule has 4 heteroatoms. The Bertz CT molecular complexity index is 593. The summed E-state index contributed by atoms with van der Waals surface area (Å²) in [6.45, 7) is 8.42. The van der Waals surface area contributed by atoms with Crippen molar-refractivity contribution < 1.29 is 0 Å². The summed E-state index contributed by atoms with van der Waals surface area (Å²) in [5.41, 5.74) is 3.89. The van der Waals surface area contributed by atoms with Crippen LogP contribution < -0.4 is 5.32 Å². The van der Waals surface area contributed by atoms with Crippen molar-refractivity contribution in [2.75, 3.05) is 0 Å². The molecule has 0 atom stereocenters. The summed E-state index contributed by atoms with van der Waals surface area (Å²) in [5, 5.41) is 8.25. The van der Waals surface area contributed by atoms with Crippen LogP contribution in [0.15, 0.2) is 12.1 Å². The van der Waals surface area contributed by atoms with Gasteiger partial charge in [0.15, 0.2) is 0 Å². The highest BCUT2D eigenvalue weighted by Gasteiger charge is 2.20. The zero-order valence-electron chi connectivity index (χ0n) is 12.6. The summed E-state index contributed by atoms with van der Waals surface area (Å²) in [4.78, 5) is 2.83. The molecule has 3 rings (SSSR count). The number of hydrogen-bond donors (Lipinski definition) is 1. The highest BCUT2D eigenvalue weighted by Crippen LogP contribution is 2.23. The van der Waals surface area contributed by atoms with Crippen molar-refractivity contribution in [2.45, 2.75) is 59.2 Å². The van der Waals surface area contributed by atoms with Gasteiger partial charge >= 0.3 is 0 Å². The van der Waals surface area contributed by atoms with Crippen LogP contribution in [0.3, 0.4) is 0 Å². The zero-order valence-corrected chi connectivity index (χ0v) is 13.4. The van der Waals surface area contributed by atoms with E-state index in [1.54, 1.807) is 0 Å². The minimum absolute atomic E-state index is 0.781. The van der Waals surface area contributed by atoms with E-state index in [1.165, 1.54) is 39.5 Å². The largest absolute Gasteiger partial charge is 0.309 e. The quantitative estimate of drug-likeness (QED) is 0.883. The topological polar surface area (TPSA) is 29.9 Å². The number of aromatic nitrogens is 2. The van der Waals surface area contributed by atoms with E-state index < -0.39 is 0 Å². The number of nitrogens with one attached hydrogen (secondary N) is 1. The van der Waals surface area contributed by atoms with Gasteiger partial charge in [0.1, 0.15) is 0 Å². The number of rotatable bonds is 6. The monoisotopic (exact) mass is 289 g/mol. The maximum absolute atomic E-state index is 4.68. The van der Waals surface area contributed by atoms with Gasteiger partial charge in [-0.1, -0.05) is 6.92 Å². The van der Waals surface area contributed by atoms with Gasteiger partial charge in [-0.25, -0.2) is 0 Å². The fourth-order valence-corrected chi connectivity index (χ4v) is 3.63. The second kappa shape index (κ2) is 5.70. The fraction of sp³-hybridized carbons (Fsp3) is 0.562. The average molecular weight is 289 g/mol. The lowest BCUT2D eigenvalue weighted by Crippen LogP contribution is -2.14. The molecule has 2 aromatic heterocycles.